The Balaban J connectivity index is 1.28. The molecule has 7 aromatic carbocycles. The van der Waals surface area contributed by atoms with Gasteiger partial charge in [-0.05, 0) is 89.3 Å². The van der Waals surface area contributed by atoms with Gasteiger partial charge in [0.2, 0.25) is 0 Å². The zero-order valence-corrected chi connectivity index (χ0v) is 25.5. The lowest BCUT2D eigenvalue weighted by molar-refractivity contribution is 0.715. The highest BCUT2D eigenvalue weighted by atomic mass is 15.0. The number of benzene rings is 7. The monoisotopic (exact) mass is 586 g/mol. The van der Waals surface area contributed by atoms with Crippen LogP contribution in [0.15, 0.2) is 164 Å². The maximum Gasteiger partial charge on any atom is 0.0547 e. The Morgan fingerprint density at radius 2 is 0.935 bits per heavy atom. The maximum atomic E-state index is 2.48. The van der Waals surface area contributed by atoms with Crippen molar-refractivity contribution >= 4 is 43.6 Å². The van der Waals surface area contributed by atoms with Gasteiger partial charge in [-0.2, -0.15) is 0 Å². The second-order valence-electron chi connectivity index (χ2n) is 12.7. The molecule has 0 amide bonds. The van der Waals surface area contributed by atoms with E-state index in [1.165, 1.54) is 82.8 Å². The van der Waals surface area contributed by atoms with Crippen LogP contribution in [0.25, 0.3) is 66.1 Å². The third-order valence-electron chi connectivity index (χ3n) is 10.4. The number of fused-ring (bicyclic) bond motifs is 9. The van der Waals surface area contributed by atoms with Gasteiger partial charge in [-0.25, -0.2) is 0 Å². The first-order valence-electron chi connectivity index (χ1n) is 16.0. The van der Waals surface area contributed by atoms with E-state index in [2.05, 4.69) is 180 Å². The summed E-state index contributed by atoms with van der Waals surface area (Å²) in [5.74, 6) is 0. The average molecular weight is 587 g/mol. The van der Waals surface area contributed by atoms with Crippen LogP contribution >= 0.6 is 0 Å². The quantitative estimate of drug-likeness (QED) is 0.195. The van der Waals surface area contributed by atoms with E-state index >= 15 is 0 Å². The normalized spacial score (nSPS) is 15.6. The lowest BCUT2D eigenvalue weighted by atomic mass is 9.74. The summed E-state index contributed by atoms with van der Waals surface area (Å²) < 4.78 is 4.86. The molecule has 1 aliphatic rings. The van der Waals surface area contributed by atoms with E-state index < -0.39 is 0 Å². The van der Waals surface area contributed by atoms with Crippen molar-refractivity contribution in [2.75, 3.05) is 0 Å². The summed E-state index contributed by atoms with van der Waals surface area (Å²) in [6.45, 7) is 2.40. The third kappa shape index (κ3) is 3.31. The molecule has 2 heterocycles. The van der Waals surface area contributed by atoms with Gasteiger partial charge in [0.05, 0.1) is 22.1 Å². The van der Waals surface area contributed by atoms with Crippen molar-refractivity contribution in [3.05, 3.63) is 180 Å². The zero-order valence-electron chi connectivity index (χ0n) is 25.5. The summed E-state index contributed by atoms with van der Waals surface area (Å²) in [7, 11) is 0. The van der Waals surface area contributed by atoms with Gasteiger partial charge in [-0.15, -0.1) is 0 Å². The lowest BCUT2D eigenvalue weighted by Crippen LogP contribution is -2.22. The predicted octanol–water partition coefficient (Wildman–Crippen LogP) is 11.2. The van der Waals surface area contributed by atoms with Crippen molar-refractivity contribution in [3.8, 4) is 22.5 Å². The Morgan fingerprint density at radius 1 is 0.370 bits per heavy atom. The summed E-state index contributed by atoms with van der Waals surface area (Å²) in [6, 6.07) is 60.2. The largest absolute Gasteiger partial charge is 0.309 e. The summed E-state index contributed by atoms with van der Waals surface area (Å²) in [4.78, 5) is 0. The smallest absolute Gasteiger partial charge is 0.0547 e. The lowest BCUT2D eigenvalue weighted by Gasteiger charge is -2.28. The van der Waals surface area contributed by atoms with E-state index in [1.807, 2.05) is 0 Å². The molecule has 0 aliphatic heterocycles. The topological polar surface area (TPSA) is 9.86 Å². The molecular weight excluding hydrogens is 556 g/mol. The first-order chi connectivity index (χ1) is 22.7. The molecule has 1 unspecified atom stereocenters. The van der Waals surface area contributed by atoms with Gasteiger partial charge in [-0.1, -0.05) is 109 Å². The Kier molecular flexibility index (Phi) is 5.16. The molecule has 0 saturated heterocycles. The molecule has 2 nitrogen and oxygen atoms in total. The summed E-state index contributed by atoms with van der Waals surface area (Å²) >= 11 is 0. The van der Waals surface area contributed by atoms with E-state index in [0.717, 1.165) is 0 Å². The molecule has 0 N–H and O–H groups in total. The highest BCUT2D eigenvalue weighted by molar-refractivity contribution is 6.13. The van der Waals surface area contributed by atoms with Crippen molar-refractivity contribution in [3.63, 3.8) is 0 Å². The first kappa shape index (κ1) is 25.5. The highest BCUT2D eigenvalue weighted by Gasteiger charge is 2.41. The Morgan fingerprint density at radius 3 is 1.67 bits per heavy atom. The fourth-order valence-electron chi connectivity index (χ4n) is 8.27. The Hall–Kier alpha value is -5.86. The maximum absolute atomic E-state index is 2.48. The number of rotatable bonds is 3. The molecule has 0 bridgehead atoms. The second kappa shape index (κ2) is 9.32. The van der Waals surface area contributed by atoms with Crippen LogP contribution in [0.4, 0.5) is 0 Å². The standard InChI is InChI=1S/C44H30N2/c1-44(29-14-4-2-5-15-29)38-21-11-8-18-32(38)35-28-43-37(27-39(35)44)34-20-10-13-23-41(34)46(43)31-24-25-42-36(26-31)33-19-9-12-22-40(33)45(42)30-16-6-3-7-17-30/h2-28H,1H3. The Bertz CT molecular complexity index is 2640. The molecule has 0 spiro atoms. The predicted molar refractivity (Wildman–Crippen MR) is 193 cm³/mol. The highest BCUT2D eigenvalue weighted by Crippen LogP contribution is 2.54. The van der Waals surface area contributed by atoms with Crippen LogP contribution in [-0.4, -0.2) is 9.13 Å². The molecule has 10 rings (SSSR count). The average Bonchev–Trinajstić information content (AvgIpc) is 3.72. The van der Waals surface area contributed by atoms with E-state index in [4.69, 9.17) is 0 Å². The molecule has 2 heteroatoms. The summed E-state index contributed by atoms with van der Waals surface area (Å²) in [5, 5.41) is 5.08. The number of aromatic nitrogens is 2. The fourth-order valence-corrected chi connectivity index (χ4v) is 8.27. The third-order valence-corrected chi connectivity index (χ3v) is 10.4. The molecule has 2 aromatic heterocycles. The van der Waals surface area contributed by atoms with Crippen molar-refractivity contribution in [2.24, 2.45) is 0 Å². The minimum atomic E-state index is -0.233. The molecule has 216 valence electrons. The summed E-state index contributed by atoms with van der Waals surface area (Å²) in [6.07, 6.45) is 0. The van der Waals surface area contributed by atoms with E-state index in [-0.39, 0.29) is 5.41 Å². The number of para-hydroxylation sites is 3. The van der Waals surface area contributed by atoms with E-state index in [0.29, 0.717) is 0 Å². The molecule has 1 atom stereocenters. The van der Waals surface area contributed by atoms with Gasteiger partial charge >= 0.3 is 0 Å². The van der Waals surface area contributed by atoms with Crippen molar-refractivity contribution in [2.45, 2.75) is 12.3 Å². The van der Waals surface area contributed by atoms with Crippen LogP contribution in [0.5, 0.6) is 0 Å². The van der Waals surface area contributed by atoms with Gasteiger partial charge in [0.25, 0.3) is 0 Å². The zero-order chi connectivity index (χ0) is 30.4. The van der Waals surface area contributed by atoms with Crippen LogP contribution in [0.2, 0.25) is 0 Å². The van der Waals surface area contributed by atoms with Crippen molar-refractivity contribution in [1.29, 1.82) is 0 Å². The number of hydrogen-bond donors (Lipinski definition) is 0. The van der Waals surface area contributed by atoms with Crippen LogP contribution in [0, 0.1) is 0 Å². The molecule has 9 aromatic rings. The first-order valence-corrected chi connectivity index (χ1v) is 16.0. The van der Waals surface area contributed by atoms with Gasteiger partial charge in [0.15, 0.2) is 0 Å². The van der Waals surface area contributed by atoms with Gasteiger partial charge in [0, 0.05) is 38.3 Å². The van der Waals surface area contributed by atoms with Crippen molar-refractivity contribution in [1.82, 2.24) is 9.13 Å². The molecule has 46 heavy (non-hydrogen) atoms. The second-order valence-corrected chi connectivity index (χ2v) is 12.7. The van der Waals surface area contributed by atoms with Crippen LogP contribution in [0.3, 0.4) is 0 Å². The van der Waals surface area contributed by atoms with Gasteiger partial charge in [-0.3, -0.25) is 0 Å². The van der Waals surface area contributed by atoms with Crippen LogP contribution in [0.1, 0.15) is 23.6 Å². The minimum absolute atomic E-state index is 0.233. The molecule has 0 fully saturated rings. The molecule has 0 radical (unpaired) electrons. The minimum Gasteiger partial charge on any atom is -0.309 e. The number of nitrogens with zero attached hydrogens (tertiary/aromatic N) is 2. The summed E-state index contributed by atoms with van der Waals surface area (Å²) in [5.41, 5.74) is 13.7. The SMILES string of the molecule is CC1(c2ccccc2)c2ccccc2-c2cc3c(cc21)c1ccccc1n3-c1ccc2c(c1)c1ccccc1n2-c1ccccc1. The van der Waals surface area contributed by atoms with Crippen molar-refractivity contribution < 1.29 is 0 Å². The molecule has 1 aliphatic carbocycles. The Labute approximate surface area is 267 Å². The van der Waals surface area contributed by atoms with E-state index in [9.17, 15) is 0 Å². The van der Waals surface area contributed by atoms with Crippen LogP contribution in [-0.2, 0) is 5.41 Å². The van der Waals surface area contributed by atoms with E-state index in [1.54, 1.807) is 0 Å². The number of hydrogen-bond acceptors (Lipinski definition) is 0. The van der Waals surface area contributed by atoms with Crippen LogP contribution < -0.4 is 0 Å². The van der Waals surface area contributed by atoms with Gasteiger partial charge in [0.1, 0.15) is 0 Å². The molecule has 0 saturated carbocycles. The fraction of sp³-hybridized carbons (Fsp3) is 0.0455. The van der Waals surface area contributed by atoms with Gasteiger partial charge < -0.3 is 9.13 Å². The molecular formula is C44H30N2.